The quantitative estimate of drug-likeness (QED) is 0.812. The minimum atomic E-state index is -0.383. The largest absolute Gasteiger partial charge is 0.496 e. The summed E-state index contributed by atoms with van der Waals surface area (Å²) in [7, 11) is 4.45. The smallest absolute Gasteiger partial charge is 0.256 e. The molecule has 2 rings (SSSR count). The van der Waals surface area contributed by atoms with E-state index in [4.69, 9.17) is 9.47 Å². The zero-order chi connectivity index (χ0) is 18.6. The molecule has 0 saturated heterocycles. The maximum absolute atomic E-state index is 12.3. The first-order chi connectivity index (χ1) is 11.9. The highest BCUT2D eigenvalue weighted by Crippen LogP contribution is 2.14. The molecule has 25 heavy (non-hydrogen) atoms. The molecule has 2 heterocycles. The number of aryl methyl sites for hydroxylation is 2. The van der Waals surface area contributed by atoms with Gasteiger partial charge in [0.05, 0.1) is 19.8 Å². The number of carbonyl (C=O) groups excluding carboxylic acids is 1. The summed E-state index contributed by atoms with van der Waals surface area (Å²) in [6, 6.07) is 4.40. The molecule has 134 valence electrons. The van der Waals surface area contributed by atoms with Gasteiger partial charge in [0.25, 0.3) is 17.0 Å². The molecule has 0 saturated carbocycles. The number of carbonyl (C=O) groups is 1. The van der Waals surface area contributed by atoms with E-state index in [0.717, 1.165) is 5.69 Å². The fraction of sp³-hybridized carbons (Fsp3) is 0.353. The minimum Gasteiger partial charge on any atom is -0.496 e. The predicted molar refractivity (Wildman–Crippen MR) is 92.6 cm³/mol. The molecule has 0 spiro atoms. The Labute approximate surface area is 144 Å². The molecule has 0 unspecified atom stereocenters. The van der Waals surface area contributed by atoms with E-state index in [1.165, 1.54) is 37.1 Å². The normalized spacial score (nSPS) is 10.4. The molecule has 2 aromatic rings. The van der Waals surface area contributed by atoms with E-state index in [1.807, 2.05) is 0 Å². The van der Waals surface area contributed by atoms with E-state index < -0.39 is 0 Å². The number of nitrogens with zero attached hydrogens (tertiary/aromatic N) is 2. The first kappa shape index (κ1) is 18.3. The van der Waals surface area contributed by atoms with Gasteiger partial charge in [-0.2, -0.15) is 0 Å². The van der Waals surface area contributed by atoms with E-state index in [9.17, 15) is 14.4 Å². The average molecular weight is 347 g/mol. The Morgan fingerprint density at radius 2 is 1.84 bits per heavy atom. The summed E-state index contributed by atoms with van der Waals surface area (Å²) in [4.78, 5) is 36.0. The lowest BCUT2D eigenvalue weighted by Crippen LogP contribution is -2.32. The Morgan fingerprint density at radius 1 is 1.12 bits per heavy atom. The van der Waals surface area contributed by atoms with Gasteiger partial charge in [-0.1, -0.05) is 0 Å². The van der Waals surface area contributed by atoms with E-state index in [-0.39, 0.29) is 34.9 Å². The molecular weight excluding hydrogens is 326 g/mol. The van der Waals surface area contributed by atoms with E-state index in [1.54, 1.807) is 24.6 Å². The third kappa shape index (κ3) is 4.09. The highest BCUT2D eigenvalue weighted by molar-refractivity contribution is 5.96. The lowest BCUT2D eigenvalue weighted by atomic mass is 10.2. The number of hydrogen-bond donors (Lipinski definition) is 1. The third-order valence-corrected chi connectivity index (χ3v) is 3.82. The van der Waals surface area contributed by atoms with Gasteiger partial charge in [-0.3, -0.25) is 14.4 Å². The van der Waals surface area contributed by atoms with Crippen molar-refractivity contribution in [2.75, 3.05) is 20.8 Å². The number of rotatable bonds is 6. The van der Waals surface area contributed by atoms with Crippen LogP contribution in [0.25, 0.3) is 0 Å². The van der Waals surface area contributed by atoms with Crippen LogP contribution in [0.5, 0.6) is 11.5 Å². The van der Waals surface area contributed by atoms with Crippen molar-refractivity contribution in [2.24, 2.45) is 7.05 Å². The summed E-state index contributed by atoms with van der Waals surface area (Å²) < 4.78 is 13.0. The molecule has 0 radical (unpaired) electrons. The van der Waals surface area contributed by atoms with Crippen LogP contribution in [0.1, 0.15) is 16.1 Å². The number of amides is 1. The monoisotopic (exact) mass is 347 g/mol. The fourth-order valence-corrected chi connectivity index (χ4v) is 2.43. The van der Waals surface area contributed by atoms with Crippen LogP contribution in [0.3, 0.4) is 0 Å². The molecular formula is C17H21N3O5. The van der Waals surface area contributed by atoms with Crippen LogP contribution < -0.4 is 25.9 Å². The van der Waals surface area contributed by atoms with Gasteiger partial charge >= 0.3 is 0 Å². The van der Waals surface area contributed by atoms with Crippen LogP contribution in [-0.4, -0.2) is 35.8 Å². The van der Waals surface area contributed by atoms with Gasteiger partial charge in [0, 0.05) is 44.2 Å². The number of aromatic nitrogens is 2. The molecule has 0 bridgehead atoms. The lowest BCUT2D eigenvalue weighted by Gasteiger charge is -2.13. The first-order valence-electron chi connectivity index (χ1n) is 7.65. The Balaban J connectivity index is 2.11. The topological polar surface area (TPSA) is 91.6 Å². The molecule has 0 atom stereocenters. The number of pyridine rings is 2. The SMILES string of the molecule is COc1cc(C)n(CCNC(=O)c2cn(C)c(=O)cc2OC)c(=O)c1. The van der Waals surface area contributed by atoms with Gasteiger partial charge in [0.2, 0.25) is 0 Å². The summed E-state index contributed by atoms with van der Waals surface area (Å²) in [5.41, 5.74) is 0.515. The van der Waals surface area contributed by atoms with Gasteiger partial charge in [-0.25, -0.2) is 0 Å². The number of hydrogen-bond acceptors (Lipinski definition) is 5. The van der Waals surface area contributed by atoms with Crippen molar-refractivity contribution >= 4 is 5.91 Å². The molecule has 1 amide bonds. The van der Waals surface area contributed by atoms with Crippen LogP contribution in [0.2, 0.25) is 0 Å². The summed E-state index contributed by atoms with van der Waals surface area (Å²) in [5.74, 6) is 0.322. The molecule has 0 aliphatic heterocycles. The van der Waals surface area contributed by atoms with Crippen molar-refractivity contribution in [3.05, 3.63) is 56.4 Å². The average Bonchev–Trinajstić information content (AvgIpc) is 2.58. The second kappa shape index (κ2) is 7.69. The van der Waals surface area contributed by atoms with Gasteiger partial charge in [-0.05, 0) is 13.0 Å². The van der Waals surface area contributed by atoms with Crippen molar-refractivity contribution in [2.45, 2.75) is 13.5 Å². The fourth-order valence-electron chi connectivity index (χ4n) is 2.43. The lowest BCUT2D eigenvalue weighted by molar-refractivity contribution is 0.0948. The zero-order valence-corrected chi connectivity index (χ0v) is 14.7. The van der Waals surface area contributed by atoms with Crippen molar-refractivity contribution in [3.8, 4) is 11.5 Å². The molecule has 8 nitrogen and oxygen atoms in total. The Bertz CT molecular complexity index is 898. The minimum absolute atomic E-state index is 0.203. The molecule has 0 aliphatic rings. The molecule has 1 N–H and O–H groups in total. The van der Waals surface area contributed by atoms with E-state index in [2.05, 4.69) is 5.32 Å². The first-order valence-corrected chi connectivity index (χ1v) is 7.65. The summed E-state index contributed by atoms with van der Waals surface area (Å²) in [5, 5.41) is 2.73. The van der Waals surface area contributed by atoms with Crippen molar-refractivity contribution in [3.63, 3.8) is 0 Å². The van der Waals surface area contributed by atoms with Crippen molar-refractivity contribution in [1.29, 1.82) is 0 Å². The van der Waals surface area contributed by atoms with E-state index >= 15 is 0 Å². The van der Waals surface area contributed by atoms with E-state index in [0.29, 0.717) is 12.3 Å². The second-order valence-corrected chi connectivity index (χ2v) is 5.49. The van der Waals surface area contributed by atoms with Crippen LogP contribution in [0, 0.1) is 6.92 Å². The summed E-state index contributed by atoms with van der Waals surface area (Å²) >= 11 is 0. The maximum Gasteiger partial charge on any atom is 0.256 e. The number of nitrogens with one attached hydrogen (secondary N) is 1. The zero-order valence-electron chi connectivity index (χ0n) is 14.7. The number of methoxy groups -OCH3 is 2. The van der Waals surface area contributed by atoms with Gasteiger partial charge in [0.1, 0.15) is 11.5 Å². The molecule has 8 heteroatoms. The predicted octanol–water partition coefficient (Wildman–Crippen LogP) is 0.303. The molecule has 0 fully saturated rings. The second-order valence-electron chi connectivity index (χ2n) is 5.49. The molecule has 2 aromatic heterocycles. The van der Waals surface area contributed by atoms with Gasteiger partial charge < -0.3 is 23.9 Å². The van der Waals surface area contributed by atoms with Crippen LogP contribution in [0.4, 0.5) is 0 Å². The van der Waals surface area contributed by atoms with Crippen molar-refractivity contribution in [1.82, 2.24) is 14.5 Å². The third-order valence-electron chi connectivity index (χ3n) is 3.82. The van der Waals surface area contributed by atoms with Crippen LogP contribution in [0.15, 0.2) is 34.0 Å². The summed E-state index contributed by atoms with van der Waals surface area (Å²) in [6.45, 7) is 2.36. The highest BCUT2D eigenvalue weighted by Gasteiger charge is 2.14. The Hall–Kier alpha value is -3.03. The molecule has 0 aromatic carbocycles. The van der Waals surface area contributed by atoms with Crippen LogP contribution in [-0.2, 0) is 13.6 Å². The number of ether oxygens (including phenoxy) is 2. The Morgan fingerprint density at radius 3 is 2.44 bits per heavy atom. The van der Waals surface area contributed by atoms with Crippen molar-refractivity contribution < 1.29 is 14.3 Å². The highest BCUT2D eigenvalue weighted by atomic mass is 16.5. The summed E-state index contributed by atoms with van der Waals surface area (Å²) in [6.07, 6.45) is 1.42. The standard InChI is InChI=1S/C17H21N3O5/c1-11-7-12(24-3)8-16(22)20(11)6-5-18-17(23)13-10-19(2)15(21)9-14(13)25-4/h7-10H,5-6H2,1-4H3,(H,18,23). The molecule has 0 aliphatic carbocycles. The maximum atomic E-state index is 12.3. The van der Waals surface area contributed by atoms with Crippen LogP contribution >= 0.6 is 0 Å². The Kier molecular flexibility index (Phi) is 5.63. The van der Waals surface area contributed by atoms with Gasteiger partial charge in [0.15, 0.2) is 0 Å². The van der Waals surface area contributed by atoms with Gasteiger partial charge in [-0.15, -0.1) is 0 Å².